The Morgan fingerprint density at radius 1 is 1.40 bits per heavy atom. The second-order valence-corrected chi connectivity index (χ2v) is 5.36. The molecule has 1 nitrogen and oxygen atoms in total. The summed E-state index contributed by atoms with van der Waals surface area (Å²) >= 11 is 5.89. The van der Waals surface area contributed by atoms with Crippen LogP contribution in [0.3, 0.4) is 0 Å². The topological polar surface area (TPSA) is 26.0 Å². The maximum absolute atomic E-state index is 5.93. The third-order valence-electron chi connectivity index (χ3n) is 3.72. The van der Waals surface area contributed by atoms with E-state index in [-0.39, 0.29) is 5.41 Å². The third kappa shape index (κ3) is 1.79. The summed E-state index contributed by atoms with van der Waals surface area (Å²) in [4.78, 5) is 0. The van der Waals surface area contributed by atoms with Gasteiger partial charge in [-0.05, 0) is 36.0 Å². The molecule has 2 unspecified atom stereocenters. The van der Waals surface area contributed by atoms with Crippen LogP contribution in [0.1, 0.15) is 25.8 Å². The van der Waals surface area contributed by atoms with Gasteiger partial charge in [0.25, 0.3) is 0 Å². The summed E-state index contributed by atoms with van der Waals surface area (Å²) in [5.74, 6) is 1.45. The molecule has 82 valence electrons. The van der Waals surface area contributed by atoms with Crippen LogP contribution in [0.4, 0.5) is 0 Å². The molecule has 1 saturated carbocycles. The van der Waals surface area contributed by atoms with Crippen molar-refractivity contribution in [2.75, 3.05) is 6.54 Å². The van der Waals surface area contributed by atoms with Crippen molar-refractivity contribution in [1.29, 1.82) is 0 Å². The molecule has 0 saturated heterocycles. The Morgan fingerprint density at radius 3 is 2.40 bits per heavy atom. The Hall–Kier alpha value is -0.530. The van der Waals surface area contributed by atoms with Crippen LogP contribution < -0.4 is 5.73 Å². The first kappa shape index (κ1) is 11.0. The van der Waals surface area contributed by atoms with E-state index in [1.165, 1.54) is 12.0 Å². The highest BCUT2D eigenvalue weighted by Crippen LogP contribution is 2.57. The second-order valence-electron chi connectivity index (χ2n) is 4.92. The van der Waals surface area contributed by atoms with E-state index in [4.69, 9.17) is 17.3 Å². The average molecular weight is 224 g/mol. The molecule has 1 aromatic carbocycles. The van der Waals surface area contributed by atoms with Crippen LogP contribution in [0, 0.1) is 11.8 Å². The van der Waals surface area contributed by atoms with Gasteiger partial charge < -0.3 is 5.73 Å². The van der Waals surface area contributed by atoms with E-state index >= 15 is 0 Å². The number of nitrogens with two attached hydrogens (primary N) is 1. The van der Waals surface area contributed by atoms with Gasteiger partial charge in [0, 0.05) is 17.0 Å². The van der Waals surface area contributed by atoms with Crippen molar-refractivity contribution in [3.05, 3.63) is 34.9 Å². The molecule has 0 bridgehead atoms. The molecule has 2 atom stereocenters. The minimum Gasteiger partial charge on any atom is -0.330 e. The maximum Gasteiger partial charge on any atom is 0.0406 e. The van der Waals surface area contributed by atoms with Crippen LogP contribution in [0.25, 0.3) is 0 Å². The normalized spacial score (nSPS) is 29.5. The summed E-state index contributed by atoms with van der Waals surface area (Å²) < 4.78 is 0. The number of hydrogen-bond acceptors (Lipinski definition) is 1. The number of halogens is 1. The number of rotatable bonds is 3. The Kier molecular flexibility index (Phi) is 2.78. The minimum atomic E-state index is 0.235. The molecule has 1 fully saturated rings. The van der Waals surface area contributed by atoms with Crippen molar-refractivity contribution >= 4 is 11.6 Å². The van der Waals surface area contributed by atoms with Crippen molar-refractivity contribution < 1.29 is 0 Å². The Balaban J connectivity index is 2.26. The lowest BCUT2D eigenvalue weighted by Gasteiger charge is -2.17. The van der Waals surface area contributed by atoms with Crippen molar-refractivity contribution in [2.24, 2.45) is 17.6 Å². The highest BCUT2D eigenvalue weighted by atomic mass is 35.5. The van der Waals surface area contributed by atoms with Gasteiger partial charge in [-0.2, -0.15) is 0 Å². The first-order chi connectivity index (χ1) is 7.10. The SMILES string of the molecule is CC(C)C1CC1(CN)c1ccc(Cl)cc1. The van der Waals surface area contributed by atoms with Crippen LogP contribution in [-0.4, -0.2) is 6.54 Å². The first-order valence-electron chi connectivity index (χ1n) is 5.56. The summed E-state index contributed by atoms with van der Waals surface area (Å²) in [6, 6.07) is 8.17. The van der Waals surface area contributed by atoms with Crippen molar-refractivity contribution in [1.82, 2.24) is 0 Å². The fourth-order valence-corrected chi connectivity index (χ4v) is 2.80. The summed E-state index contributed by atoms with van der Waals surface area (Å²) in [5, 5.41) is 0.799. The quantitative estimate of drug-likeness (QED) is 0.837. The van der Waals surface area contributed by atoms with Gasteiger partial charge in [-0.3, -0.25) is 0 Å². The zero-order chi connectivity index (χ0) is 11.1. The van der Waals surface area contributed by atoms with E-state index in [2.05, 4.69) is 26.0 Å². The molecule has 0 heterocycles. The van der Waals surface area contributed by atoms with Gasteiger partial charge in [-0.25, -0.2) is 0 Å². The zero-order valence-electron chi connectivity index (χ0n) is 9.33. The molecule has 0 aromatic heterocycles. The molecule has 15 heavy (non-hydrogen) atoms. The molecule has 2 rings (SSSR count). The molecular formula is C13H18ClN. The first-order valence-corrected chi connectivity index (χ1v) is 5.94. The molecule has 1 aromatic rings. The lowest BCUT2D eigenvalue weighted by molar-refractivity contribution is 0.484. The zero-order valence-corrected chi connectivity index (χ0v) is 10.1. The Labute approximate surface area is 96.6 Å². The molecular weight excluding hydrogens is 206 g/mol. The molecule has 0 radical (unpaired) electrons. The van der Waals surface area contributed by atoms with E-state index in [1.807, 2.05) is 12.1 Å². The molecule has 2 heteroatoms. The summed E-state index contributed by atoms with van der Waals surface area (Å²) in [6.45, 7) is 5.30. The molecule has 1 aliphatic rings. The Bertz CT molecular complexity index is 344. The van der Waals surface area contributed by atoms with Crippen molar-refractivity contribution in [3.63, 3.8) is 0 Å². The molecule has 0 spiro atoms. The molecule has 0 amide bonds. The van der Waals surface area contributed by atoms with Crippen LogP contribution in [0.5, 0.6) is 0 Å². The van der Waals surface area contributed by atoms with Gasteiger partial charge >= 0.3 is 0 Å². The van der Waals surface area contributed by atoms with E-state index in [9.17, 15) is 0 Å². The lowest BCUT2D eigenvalue weighted by Crippen LogP contribution is -2.23. The van der Waals surface area contributed by atoms with E-state index < -0.39 is 0 Å². The van der Waals surface area contributed by atoms with Gasteiger partial charge in [0.05, 0.1) is 0 Å². The summed E-state index contributed by atoms with van der Waals surface area (Å²) in [6.07, 6.45) is 1.22. The Morgan fingerprint density at radius 2 is 2.00 bits per heavy atom. The predicted octanol–water partition coefficient (Wildman–Crippen LogP) is 3.21. The van der Waals surface area contributed by atoms with E-state index in [0.717, 1.165) is 17.5 Å². The monoisotopic (exact) mass is 223 g/mol. The third-order valence-corrected chi connectivity index (χ3v) is 3.97. The van der Waals surface area contributed by atoms with Crippen molar-refractivity contribution in [2.45, 2.75) is 25.7 Å². The van der Waals surface area contributed by atoms with Gasteiger partial charge in [0.15, 0.2) is 0 Å². The van der Waals surface area contributed by atoms with Gasteiger partial charge in [-0.1, -0.05) is 37.6 Å². The lowest BCUT2D eigenvalue weighted by atomic mass is 9.90. The largest absolute Gasteiger partial charge is 0.330 e. The molecule has 0 aliphatic heterocycles. The molecule has 2 N–H and O–H groups in total. The molecule has 1 aliphatic carbocycles. The smallest absolute Gasteiger partial charge is 0.0406 e. The minimum absolute atomic E-state index is 0.235. The van der Waals surface area contributed by atoms with Crippen LogP contribution >= 0.6 is 11.6 Å². The van der Waals surface area contributed by atoms with Gasteiger partial charge in [0.1, 0.15) is 0 Å². The standard InChI is InChI=1S/C13H18ClN/c1-9(2)12-7-13(12,8-15)10-3-5-11(14)6-4-10/h3-6,9,12H,7-8,15H2,1-2H3. The summed E-state index contributed by atoms with van der Waals surface area (Å²) in [5.41, 5.74) is 7.52. The highest BCUT2D eigenvalue weighted by Gasteiger charge is 2.55. The van der Waals surface area contributed by atoms with Crippen LogP contribution in [0.2, 0.25) is 5.02 Å². The van der Waals surface area contributed by atoms with Crippen molar-refractivity contribution in [3.8, 4) is 0 Å². The maximum atomic E-state index is 5.93. The predicted molar refractivity (Wildman–Crippen MR) is 65.1 cm³/mol. The van der Waals surface area contributed by atoms with E-state index in [1.54, 1.807) is 0 Å². The number of benzene rings is 1. The van der Waals surface area contributed by atoms with Gasteiger partial charge in [-0.15, -0.1) is 0 Å². The fourth-order valence-electron chi connectivity index (χ4n) is 2.67. The highest BCUT2D eigenvalue weighted by molar-refractivity contribution is 6.30. The van der Waals surface area contributed by atoms with Gasteiger partial charge in [0.2, 0.25) is 0 Å². The number of hydrogen-bond donors (Lipinski definition) is 1. The average Bonchev–Trinajstić information content (AvgIpc) is 2.95. The fraction of sp³-hybridized carbons (Fsp3) is 0.538. The van der Waals surface area contributed by atoms with Crippen LogP contribution in [-0.2, 0) is 5.41 Å². The summed E-state index contributed by atoms with van der Waals surface area (Å²) in [7, 11) is 0. The van der Waals surface area contributed by atoms with Crippen LogP contribution in [0.15, 0.2) is 24.3 Å². The second kappa shape index (κ2) is 3.80. The van der Waals surface area contributed by atoms with E-state index in [0.29, 0.717) is 5.92 Å².